The minimum absolute atomic E-state index is 0.0232. The predicted octanol–water partition coefficient (Wildman–Crippen LogP) is 3.51. The van der Waals surface area contributed by atoms with Gasteiger partial charge in [-0.2, -0.15) is 0 Å². The van der Waals surface area contributed by atoms with Crippen molar-refractivity contribution in [3.63, 3.8) is 0 Å². The van der Waals surface area contributed by atoms with Crippen LogP contribution in [0.25, 0.3) is 5.69 Å². The van der Waals surface area contributed by atoms with E-state index in [4.69, 9.17) is 9.47 Å². The molecule has 1 aliphatic rings. The number of methoxy groups -OCH3 is 2. The highest BCUT2D eigenvalue weighted by Crippen LogP contribution is 2.42. The predicted molar refractivity (Wildman–Crippen MR) is 93.9 cm³/mol. The number of anilines is 1. The second-order valence-corrected chi connectivity index (χ2v) is 5.64. The maximum Gasteiger partial charge on any atom is 0.162 e. The third kappa shape index (κ3) is 2.30. The van der Waals surface area contributed by atoms with E-state index in [9.17, 15) is 0 Å². The van der Waals surface area contributed by atoms with E-state index < -0.39 is 0 Å². The van der Waals surface area contributed by atoms with E-state index in [2.05, 4.69) is 27.7 Å². The number of para-hydroxylation sites is 1. The van der Waals surface area contributed by atoms with Gasteiger partial charge in [-0.15, -0.1) is 0 Å². The Morgan fingerprint density at radius 1 is 0.917 bits per heavy atom. The van der Waals surface area contributed by atoms with Crippen LogP contribution in [0.1, 0.15) is 17.3 Å². The van der Waals surface area contributed by atoms with Gasteiger partial charge in [0.2, 0.25) is 0 Å². The molecule has 2 aromatic carbocycles. The fourth-order valence-electron chi connectivity index (χ4n) is 3.16. The van der Waals surface area contributed by atoms with Crippen molar-refractivity contribution in [1.82, 2.24) is 9.99 Å². The number of rotatable bonds is 5. The average Bonchev–Trinajstić information content (AvgIpc) is 3.21. The first-order valence-electron chi connectivity index (χ1n) is 7.82. The monoisotopic (exact) mass is 321 g/mol. The number of benzene rings is 2. The van der Waals surface area contributed by atoms with Crippen molar-refractivity contribution in [2.45, 2.75) is 6.04 Å². The topological polar surface area (TPSA) is 47.5 Å². The first-order valence-corrected chi connectivity index (χ1v) is 7.82. The molecule has 1 aliphatic heterocycles. The van der Waals surface area contributed by atoms with Crippen molar-refractivity contribution in [2.75, 3.05) is 19.6 Å². The fourth-order valence-corrected chi connectivity index (χ4v) is 3.16. The SMILES string of the molecule is COc1cc2c(cc1OC)-n1cccc1C2NNc1ccccc1. The largest absolute Gasteiger partial charge is 0.493 e. The summed E-state index contributed by atoms with van der Waals surface area (Å²) < 4.78 is 13.1. The lowest BCUT2D eigenvalue weighted by Gasteiger charge is -2.17. The highest BCUT2D eigenvalue weighted by atomic mass is 16.5. The van der Waals surface area contributed by atoms with Gasteiger partial charge in [0.05, 0.1) is 25.9 Å². The van der Waals surface area contributed by atoms with Crippen LogP contribution >= 0.6 is 0 Å². The summed E-state index contributed by atoms with van der Waals surface area (Å²) in [4.78, 5) is 0. The van der Waals surface area contributed by atoms with Crippen LogP contribution in [0.4, 0.5) is 5.69 Å². The molecule has 0 saturated heterocycles. The van der Waals surface area contributed by atoms with E-state index in [0.717, 1.165) is 28.4 Å². The Morgan fingerprint density at radius 3 is 2.42 bits per heavy atom. The van der Waals surface area contributed by atoms with Gasteiger partial charge in [-0.3, -0.25) is 0 Å². The van der Waals surface area contributed by atoms with Crippen molar-refractivity contribution in [3.05, 3.63) is 72.1 Å². The molecule has 3 aromatic rings. The normalized spacial score (nSPS) is 14.8. The van der Waals surface area contributed by atoms with Crippen molar-refractivity contribution in [3.8, 4) is 17.2 Å². The zero-order valence-corrected chi connectivity index (χ0v) is 13.6. The Morgan fingerprint density at radius 2 is 1.67 bits per heavy atom. The molecule has 0 bridgehead atoms. The van der Waals surface area contributed by atoms with E-state index in [1.165, 1.54) is 5.69 Å². The lowest BCUT2D eigenvalue weighted by molar-refractivity contribution is 0.354. The maximum absolute atomic E-state index is 5.47. The van der Waals surface area contributed by atoms with Crippen molar-refractivity contribution < 1.29 is 9.47 Å². The summed E-state index contributed by atoms with van der Waals surface area (Å²) in [6, 6.07) is 18.3. The van der Waals surface area contributed by atoms with Crippen LogP contribution in [-0.2, 0) is 0 Å². The molecule has 1 aromatic heterocycles. The molecule has 0 fully saturated rings. The molecule has 2 N–H and O–H groups in total. The third-order valence-corrected chi connectivity index (χ3v) is 4.31. The number of ether oxygens (including phenoxy) is 2. The summed E-state index contributed by atoms with van der Waals surface area (Å²) in [6.45, 7) is 0. The summed E-state index contributed by atoms with van der Waals surface area (Å²) in [7, 11) is 3.31. The number of nitrogens with one attached hydrogen (secondary N) is 2. The van der Waals surface area contributed by atoms with Gasteiger partial charge in [-0.05, 0) is 30.3 Å². The molecule has 0 radical (unpaired) electrons. The van der Waals surface area contributed by atoms with Crippen LogP contribution in [0.2, 0.25) is 0 Å². The second kappa shape index (κ2) is 5.94. The number of hydrogen-bond donors (Lipinski definition) is 2. The van der Waals surface area contributed by atoms with Crippen LogP contribution in [0.5, 0.6) is 11.5 Å². The molecule has 5 heteroatoms. The van der Waals surface area contributed by atoms with Crippen LogP contribution in [0.3, 0.4) is 0 Å². The highest BCUT2D eigenvalue weighted by molar-refractivity contribution is 5.61. The standard InChI is InChI=1S/C19H19N3O2/c1-23-17-11-14-16(12-18(17)24-2)22-10-6-9-15(22)19(14)21-20-13-7-4-3-5-8-13/h3-12,19-21H,1-2H3. The molecular formula is C19H19N3O2. The summed E-state index contributed by atoms with van der Waals surface area (Å²) in [5.41, 5.74) is 11.1. The van der Waals surface area contributed by atoms with E-state index in [-0.39, 0.29) is 6.04 Å². The van der Waals surface area contributed by atoms with E-state index >= 15 is 0 Å². The van der Waals surface area contributed by atoms with Crippen molar-refractivity contribution in [2.24, 2.45) is 0 Å². The summed E-state index contributed by atoms with van der Waals surface area (Å²) in [5, 5.41) is 0. The molecule has 5 nitrogen and oxygen atoms in total. The molecule has 2 heterocycles. The smallest absolute Gasteiger partial charge is 0.162 e. The molecule has 24 heavy (non-hydrogen) atoms. The van der Waals surface area contributed by atoms with Gasteiger partial charge in [0.15, 0.2) is 11.5 Å². The van der Waals surface area contributed by atoms with E-state index in [1.807, 2.05) is 48.5 Å². The van der Waals surface area contributed by atoms with Gasteiger partial charge in [-0.1, -0.05) is 18.2 Å². The minimum atomic E-state index is 0.0232. The van der Waals surface area contributed by atoms with E-state index in [1.54, 1.807) is 14.2 Å². The van der Waals surface area contributed by atoms with Crippen molar-refractivity contribution in [1.29, 1.82) is 0 Å². The first-order chi connectivity index (χ1) is 11.8. The Labute approximate surface area is 140 Å². The van der Waals surface area contributed by atoms with E-state index in [0.29, 0.717) is 0 Å². The van der Waals surface area contributed by atoms with Gasteiger partial charge in [-0.25, -0.2) is 5.43 Å². The molecule has 122 valence electrons. The number of aromatic nitrogens is 1. The second-order valence-electron chi connectivity index (χ2n) is 5.64. The fraction of sp³-hybridized carbons (Fsp3) is 0.158. The molecule has 0 spiro atoms. The first kappa shape index (κ1) is 14.7. The lowest BCUT2D eigenvalue weighted by atomic mass is 10.1. The van der Waals surface area contributed by atoms with Crippen LogP contribution in [0, 0.1) is 0 Å². The Bertz CT molecular complexity index is 858. The van der Waals surface area contributed by atoms with Crippen LogP contribution in [-0.4, -0.2) is 18.8 Å². The van der Waals surface area contributed by atoms with Gasteiger partial charge in [0, 0.05) is 29.2 Å². The third-order valence-electron chi connectivity index (χ3n) is 4.31. The molecular weight excluding hydrogens is 302 g/mol. The molecule has 0 saturated carbocycles. The molecule has 1 unspecified atom stereocenters. The summed E-state index contributed by atoms with van der Waals surface area (Å²) >= 11 is 0. The average molecular weight is 321 g/mol. The quantitative estimate of drug-likeness (QED) is 0.706. The molecule has 0 amide bonds. The summed E-state index contributed by atoms with van der Waals surface area (Å²) in [5.74, 6) is 1.46. The summed E-state index contributed by atoms with van der Waals surface area (Å²) in [6.07, 6.45) is 2.06. The number of nitrogens with zero attached hydrogens (tertiary/aromatic N) is 1. The number of hydrazine groups is 1. The Kier molecular flexibility index (Phi) is 3.63. The molecule has 4 rings (SSSR count). The molecule has 1 atom stereocenters. The van der Waals surface area contributed by atoms with Gasteiger partial charge >= 0.3 is 0 Å². The Balaban J connectivity index is 1.71. The zero-order chi connectivity index (χ0) is 16.5. The highest BCUT2D eigenvalue weighted by Gasteiger charge is 2.30. The lowest BCUT2D eigenvalue weighted by Crippen LogP contribution is -2.26. The number of hydrogen-bond acceptors (Lipinski definition) is 4. The van der Waals surface area contributed by atoms with Crippen LogP contribution in [0.15, 0.2) is 60.8 Å². The van der Waals surface area contributed by atoms with Crippen LogP contribution < -0.4 is 20.3 Å². The van der Waals surface area contributed by atoms with Gasteiger partial charge in [0.25, 0.3) is 0 Å². The number of fused-ring (bicyclic) bond motifs is 3. The van der Waals surface area contributed by atoms with Gasteiger partial charge < -0.3 is 19.5 Å². The van der Waals surface area contributed by atoms with Gasteiger partial charge in [0.1, 0.15) is 0 Å². The molecule has 0 aliphatic carbocycles. The maximum atomic E-state index is 5.47. The minimum Gasteiger partial charge on any atom is -0.493 e. The Hall–Kier alpha value is -2.92. The van der Waals surface area contributed by atoms with Crippen molar-refractivity contribution >= 4 is 5.69 Å². The zero-order valence-electron chi connectivity index (χ0n) is 13.6.